The van der Waals surface area contributed by atoms with Crippen molar-refractivity contribution in [1.29, 1.82) is 0 Å². The molecule has 260 valence electrons. The Labute approximate surface area is 322 Å². The number of pyridine rings is 1. The Bertz CT molecular complexity index is 3130. The summed E-state index contributed by atoms with van der Waals surface area (Å²) in [6.45, 7) is 4.54. The summed E-state index contributed by atoms with van der Waals surface area (Å²) in [5.41, 5.74) is 10.8. The van der Waals surface area contributed by atoms with Crippen molar-refractivity contribution >= 4 is 69.9 Å². The van der Waals surface area contributed by atoms with Crippen LogP contribution in [-0.2, 0) is 0 Å². The lowest BCUT2D eigenvalue weighted by molar-refractivity contribution is 0.488. The summed E-state index contributed by atoms with van der Waals surface area (Å²) in [7, 11) is 0. The minimum absolute atomic E-state index is 0.0653. The molecule has 0 bridgehead atoms. The van der Waals surface area contributed by atoms with Crippen molar-refractivity contribution in [1.82, 2.24) is 14.9 Å². The third kappa shape index (κ3) is 5.09. The van der Waals surface area contributed by atoms with Crippen LogP contribution in [0.4, 0.5) is 0 Å². The Morgan fingerprint density at radius 2 is 1.25 bits per heavy atom. The molecule has 0 aliphatic carbocycles. The fourth-order valence-electron chi connectivity index (χ4n) is 8.48. The summed E-state index contributed by atoms with van der Waals surface area (Å²) in [5.74, 6) is 0. The second-order valence-corrected chi connectivity index (χ2v) is 15.2. The summed E-state index contributed by atoms with van der Waals surface area (Å²) in [5, 5.41) is 11.2. The topological polar surface area (TPSA) is 42.2 Å². The normalized spacial score (nSPS) is 16.1. The van der Waals surface area contributed by atoms with Gasteiger partial charge in [0.05, 0.1) is 33.2 Å². The van der Waals surface area contributed by atoms with Gasteiger partial charge >= 0.3 is 0 Å². The maximum atomic E-state index is 5.38. The highest BCUT2D eigenvalue weighted by molar-refractivity contribution is 7.26. The Balaban J connectivity index is 1.10. The Hall–Kier alpha value is -6.66. The summed E-state index contributed by atoms with van der Waals surface area (Å²) in [4.78, 5) is 11.9. The molecule has 5 heteroatoms. The summed E-state index contributed by atoms with van der Waals surface area (Å²) >= 11 is 1.84. The van der Waals surface area contributed by atoms with Crippen LogP contribution in [-0.4, -0.2) is 15.3 Å². The molecule has 10 aromatic rings. The summed E-state index contributed by atoms with van der Waals surface area (Å²) in [6, 6.07) is 62.4. The van der Waals surface area contributed by atoms with Gasteiger partial charge in [-0.25, -0.2) is 4.98 Å². The van der Waals surface area contributed by atoms with Gasteiger partial charge < -0.3 is 4.57 Å². The Morgan fingerprint density at radius 3 is 2.07 bits per heavy atom. The maximum absolute atomic E-state index is 5.38. The number of rotatable bonds is 5. The largest absolute Gasteiger partial charge is 0.301 e. The lowest BCUT2D eigenvalue weighted by Crippen LogP contribution is -2.34. The molecular formula is C50H34N4S. The predicted octanol–water partition coefficient (Wildman–Crippen LogP) is 12.8. The molecule has 7 aromatic carbocycles. The van der Waals surface area contributed by atoms with Gasteiger partial charge in [0.2, 0.25) is 0 Å². The zero-order chi connectivity index (χ0) is 36.5. The summed E-state index contributed by atoms with van der Waals surface area (Å²) in [6.07, 6.45) is -0.244. The lowest BCUT2D eigenvalue weighted by Gasteiger charge is -2.32. The van der Waals surface area contributed by atoms with E-state index in [0.29, 0.717) is 0 Å². The van der Waals surface area contributed by atoms with Gasteiger partial charge in [-0.2, -0.15) is 0 Å². The highest BCUT2D eigenvalue weighted by Crippen LogP contribution is 2.48. The van der Waals surface area contributed by atoms with Crippen LogP contribution in [0.25, 0.3) is 69.8 Å². The second-order valence-electron chi connectivity index (χ2n) is 14.2. The fourth-order valence-corrected chi connectivity index (χ4v) is 9.85. The minimum atomic E-state index is -0.244. The molecule has 0 saturated carbocycles. The molecule has 2 atom stereocenters. The summed E-state index contributed by atoms with van der Waals surface area (Å²) < 4.78 is 3.64. The van der Waals surface area contributed by atoms with E-state index >= 15 is 0 Å². The first-order chi connectivity index (χ1) is 27.2. The molecule has 2 unspecified atom stereocenters. The molecule has 4 nitrogen and oxygen atoms in total. The monoisotopic (exact) mass is 722 g/mol. The third-order valence-electron chi connectivity index (χ3n) is 11.1. The number of benzene rings is 7. The van der Waals surface area contributed by atoms with Crippen LogP contribution in [0.5, 0.6) is 0 Å². The van der Waals surface area contributed by atoms with Gasteiger partial charge in [-0.3, -0.25) is 10.3 Å². The average Bonchev–Trinajstić information content (AvgIpc) is 3.79. The SMILES string of the molecule is C=C1C(c2ccccc2)=NC(c2ccc(-n3c4ccccc4c4c5c(sc43)c(-c3cccc4ccccc34)nc3ccccc35)cc2)NC1c1ccccc1. The number of hydrogen-bond donors (Lipinski definition) is 1. The van der Waals surface area contributed by atoms with E-state index in [1.165, 1.54) is 52.9 Å². The molecule has 1 aliphatic heterocycles. The third-order valence-corrected chi connectivity index (χ3v) is 12.2. The van der Waals surface area contributed by atoms with Gasteiger partial charge in [0.25, 0.3) is 0 Å². The number of thiophene rings is 1. The molecule has 0 spiro atoms. The van der Waals surface area contributed by atoms with Crippen molar-refractivity contribution < 1.29 is 0 Å². The van der Waals surface area contributed by atoms with Crippen molar-refractivity contribution in [2.24, 2.45) is 4.99 Å². The van der Waals surface area contributed by atoms with E-state index in [4.69, 9.17) is 9.98 Å². The molecule has 4 heterocycles. The molecule has 3 aromatic heterocycles. The van der Waals surface area contributed by atoms with Crippen LogP contribution in [0.1, 0.15) is 28.9 Å². The molecule has 1 aliphatic rings. The van der Waals surface area contributed by atoms with Crippen molar-refractivity contribution in [2.45, 2.75) is 12.2 Å². The molecule has 11 rings (SSSR count). The molecule has 1 N–H and O–H groups in total. The lowest BCUT2D eigenvalue weighted by atomic mass is 9.90. The molecular weight excluding hydrogens is 689 g/mol. The highest BCUT2D eigenvalue weighted by Gasteiger charge is 2.30. The Kier molecular flexibility index (Phi) is 7.37. The van der Waals surface area contributed by atoms with Crippen molar-refractivity contribution in [3.05, 3.63) is 205 Å². The first kappa shape index (κ1) is 31.8. The molecule has 0 radical (unpaired) electrons. The number of aromatic nitrogens is 2. The number of para-hydroxylation sites is 2. The highest BCUT2D eigenvalue weighted by atomic mass is 32.1. The van der Waals surface area contributed by atoms with Crippen molar-refractivity contribution in [2.75, 3.05) is 0 Å². The minimum Gasteiger partial charge on any atom is -0.301 e. The van der Waals surface area contributed by atoms with E-state index in [0.717, 1.165) is 44.9 Å². The van der Waals surface area contributed by atoms with E-state index < -0.39 is 0 Å². The molecule has 0 fully saturated rings. The van der Waals surface area contributed by atoms with Gasteiger partial charge in [-0.15, -0.1) is 11.3 Å². The van der Waals surface area contributed by atoms with Gasteiger partial charge in [-0.1, -0.05) is 158 Å². The van der Waals surface area contributed by atoms with Gasteiger partial charge in [0.15, 0.2) is 0 Å². The fraction of sp³-hybridized carbons (Fsp3) is 0.0400. The zero-order valence-electron chi connectivity index (χ0n) is 29.9. The average molecular weight is 723 g/mol. The van der Waals surface area contributed by atoms with Crippen molar-refractivity contribution in [3.8, 4) is 16.9 Å². The van der Waals surface area contributed by atoms with Crippen LogP contribution in [0.15, 0.2) is 193 Å². The van der Waals surface area contributed by atoms with Gasteiger partial charge in [0, 0.05) is 38.4 Å². The number of nitrogens with one attached hydrogen (secondary N) is 1. The smallest absolute Gasteiger partial charge is 0.127 e. The van der Waals surface area contributed by atoms with E-state index in [1.807, 2.05) is 17.4 Å². The number of nitrogens with zero attached hydrogens (tertiary/aromatic N) is 3. The second kappa shape index (κ2) is 12.7. The number of hydrogen-bond acceptors (Lipinski definition) is 4. The maximum Gasteiger partial charge on any atom is 0.127 e. The first-order valence-electron chi connectivity index (χ1n) is 18.7. The first-order valence-corrected chi connectivity index (χ1v) is 19.5. The molecule has 0 saturated heterocycles. The molecule has 0 amide bonds. The van der Waals surface area contributed by atoms with E-state index in [1.54, 1.807) is 0 Å². The van der Waals surface area contributed by atoms with Crippen LogP contribution in [0.3, 0.4) is 0 Å². The van der Waals surface area contributed by atoms with Crippen molar-refractivity contribution in [3.63, 3.8) is 0 Å². The van der Waals surface area contributed by atoms with Crippen LogP contribution in [0, 0.1) is 0 Å². The standard InChI is InChI=1S/C50H34N4S/c1-31-45(33-16-4-2-5-17-33)52-49(53-46(31)34-18-6-3-7-19-34)35-27-29-36(30-28-35)54-42-26-13-11-23-40(42)44-43-39-22-10-12-25-41(39)51-47(48(43)55-50(44)54)38-24-14-20-32-15-8-9-21-37(32)38/h2-30,45,49,52H,1H2. The Morgan fingerprint density at radius 1 is 0.582 bits per heavy atom. The van der Waals surface area contributed by atoms with Gasteiger partial charge in [-0.05, 0) is 51.7 Å². The molecule has 55 heavy (non-hydrogen) atoms. The van der Waals surface area contributed by atoms with Crippen LogP contribution >= 0.6 is 11.3 Å². The van der Waals surface area contributed by atoms with Crippen LogP contribution in [0.2, 0.25) is 0 Å². The van der Waals surface area contributed by atoms with Crippen LogP contribution < -0.4 is 5.32 Å². The van der Waals surface area contributed by atoms with E-state index in [9.17, 15) is 0 Å². The quantitative estimate of drug-likeness (QED) is 0.192. The van der Waals surface area contributed by atoms with E-state index in [-0.39, 0.29) is 12.2 Å². The number of fused-ring (bicyclic) bond motifs is 8. The predicted molar refractivity (Wildman–Crippen MR) is 232 cm³/mol. The van der Waals surface area contributed by atoms with E-state index in [2.05, 4.69) is 186 Å². The van der Waals surface area contributed by atoms with Gasteiger partial charge in [0.1, 0.15) is 11.0 Å². The number of aliphatic imine (C=N–C) groups is 1. The zero-order valence-corrected chi connectivity index (χ0v) is 30.7.